The molecule has 1 fully saturated rings. The van der Waals surface area contributed by atoms with Crippen LogP contribution >= 0.6 is 15.9 Å². The van der Waals surface area contributed by atoms with Gasteiger partial charge in [-0.2, -0.15) is 5.10 Å². The Labute approximate surface area is 145 Å². The number of carbonyl (C=O) groups excluding carboxylic acids is 1. The Morgan fingerprint density at radius 3 is 2.57 bits per heavy atom. The lowest BCUT2D eigenvalue weighted by Gasteiger charge is -2.31. The molecule has 23 heavy (non-hydrogen) atoms. The molecule has 1 aromatic heterocycles. The molecule has 0 atom stereocenters. The first-order valence-electron chi connectivity index (χ1n) is 7.64. The van der Waals surface area contributed by atoms with E-state index in [-0.39, 0.29) is 11.8 Å². The fourth-order valence-corrected chi connectivity index (χ4v) is 4.16. The van der Waals surface area contributed by atoms with Crippen LogP contribution in [0.4, 0.5) is 0 Å². The van der Waals surface area contributed by atoms with Crippen molar-refractivity contribution in [3.63, 3.8) is 0 Å². The summed E-state index contributed by atoms with van der Waals surface area (Å²) < 4.78 is 27.3. The molecule has 0 aliphatic carbocycles. The number of hydrogen-bond acceptors (Lipinski definition) is 4. The summed E-state index contributed by atoms with van der Waals surface area (Å²) in [5.41, 5.74) is 0.969. The van der Waals surface area contributed by atoms with E-state index in [4.69, 9.17) is 0 Å². The third-order valence-electron chi connectivity index (χ3n) is 4.23. The van der Waals surface area contributed by atoms with Crippen molar-refractivity contribution in [2.75, 3.05) is 26.4 Å². The van der Waals surface area contributed by atoms with Gasteiger partial charge in [0.1, 0.15) is 0 Å². The summed E-state index contributed by atoms with van der Waals surface area (Å²) >= 11 is 3.47. The zero-order valence-corrected chi connectivity index (χ0v) is 16.1. The molecule has 2 heterocycles. The fraction of sp³-hybridized carbons (Fsp3) is 0.714. The molecule has 2 rings (SSSR count). The lowest BCUT2D eigenvalue weighted by atomic mass is 9.96. The van der Waals surface area contributed by atoms with Gasteiger partial charge in [-0.05, 0) is 35.7 Å². The van der Waals surface area contributed by atoms with Gasteiger partial charge in [-0.25, -0.2) is 12.7 Å². The topological polar surface area (TPSA) is 75.5 Å². The summed E-state index contributed by atoms with van der Waals surface area (Å²) in [7, 11) is -1.38. The number of amides is 1. The zero-order chi connectivity index (χ0) is 17.2. The molecule has 9 heteroatoms. The van der Waals surface area contributed by atoms with Gasteiger partial charge in [0.2, 0.25) is 15.9 Å². The first kappa shape index (κ1) is 18.4. The minimum Gasteiger partial charge on any atom is -0.340 e. The molecule has 7 nitrogen and oxygen atoms in total. The number of rotatable bonds is 5. The molecule has 1 aliphatic heterocycles. The van der Waals surface area contributed by atoms with E-state index in [1.807, 2.05) is 11.6 Å². The Kier molecular flexibility index (Phi) is 5.85. The van der Waals surface area contributed by atoms with Crippen molar-refractivity contribution in [1.82, 2.24) is 19.0 Å². The number of halogens is 1. The van der Waals surface area contributed by atoms with Crippen molar-refractivity contribution >= 4 is 31.9 Å². The maximum absolute atomic E-state index is 12.6. The first-order chi connectivity index (χ1) is 10.7. The molecule has 130 valence electrons. The van der Waals surface area contributed by atoms with Crippen molar-refractivity contribution in [3.05, 3.63) is 16.4 Å². The lowest BCUT2D eigenvalue weighted by molar-refractivity contribution is -0.136. The number of nitrogens with zero attached hydrogens (tertiary/aromatic N) is 4. The van der Waals surface area contributed by atoms with Crippen molar-refractivity contribution in [2.45, 2.75) is 32.9 Å². The molecule has 1 aromatic rings. The van der Waals surface area contributed by atoms with Crippen molar-refractivity contribution in [3.8, 4) is 0 Å². The van der Waals surface area contributed by atoms with E-state index in [0.717, 1.165) is 16.7 Å². The van der Waals surface area contributed by atoms with E-state index < -0.39 is 10.0 Å². The minimum absolute atomic E-state index is 0.0638. The first-order valence-corrected chi connectivity index (χ1v) is 10.3. The van der Waals surface area contributed by atoms with Gasteiger partial charge in [0.15, 0.2) is 0 Å². The number of piperidine rings is 1. The Hall–Kier alpha value is -0.930. The Morgan fingerprint density at radius 1 is 1.43 bits per heavy atom. The van der Waals surface area contributed by atoms with Gasteiger partial charge in [-0.15, -0.1) is 0 Å². The van der Waals surface area contributed by atoms with E-state index in [1.54, 1.807) is 18.1 Å². The third-order valence-corrected chi connectivity index (χ3v) is 6.20. The van der Waals surface area contributed by atoms with Gasteiger partial charge >= 0.3 is 0 Å². The van der Waals surface area contributed by atoms with Crippen LogP contribution in [0.15, 0.2) is 10.7 Å². The smallest absolute Gasteiger partial charge is 0.225 e. The summed E-state index contributed by atoms with van der Waals surface area (Å²) in [6.07, 6.45) is 4.10. The van der Waals surface area contributed by atoms with Crippen LogP contribution < -0.4 is 0 Å². The molecular formula is C14H23BrN4O3S. The van der Waals surface area contributed by atoms with E-state index in [2.05, 4.69) is 21.0 Å². The van der Waals surface area contributed by atoms with Crippen LogP contribution in [-0.4, -0.2) is 59.7 Å². The molecule has 0 aromatic carbocycles. The molecule has 0 bridgehead atoms. The molecule has 0 N–H and O–H groups in total. The van der Waals surface area contributed by atoms with Crippen molar-refractivity contribution < 1.29 is 13.2 Å². The van der Waals surface area contributed by atoms with Gasteiger partial charge in [0.25, 0.3) is 0 Å². The summed E-state index contributed by atoms with van der Waals surface area (Å²) in [6.45, 7) is 4.07. The average molecular weight is 407 g/mol. The lowest BCUT2D eigenvalue weighted by Crippen LogP contribution is -2.43. The maximum Gasteiger partial charge on any atom is 0.225 e. The number of sulfonamides is 1. The number of hydrogen-bond donors (Lipinski definition) is 0. The molecule has 1 saturated heterocycles. The maximum atomic E-state index is 12.6. The van der Waals surface area contributed by atoms with Gasteiger partial charge in [-0.1, -0.05) is 0 Å². The average Bonchev–Trinajstić information content (AvgIpc) is 2.86. The van der Waals surface area contributed by atoms with E-state index in [1.165, 1.54) is 10.6 Å². The van der Waals surface area contributed by atoms with E-state index in [9.17, 15) is 13.2 Å². The predicted molar refractivity (Wildman–Crippen MR) is 91.2 cm³/mol. The fourth-order valence-electron chi connectivity index (χ4n) is 2.87. The predicted octanol–water partition coefficient (Wildman–Crippen LogP) is 1.30. The molecule has 1 amide bonds. The van der Waals surface area contributed by atoms with Gasteiger partial charge in [0, 0.05) is 32.6 Å². The second kappa shape index (κ2) is 7.31. The Balaban J connectivity index is 1.97. The molecule has 0 unspecified atom stereocenters. The zero-order valence-electron chi connectivity index (χ0n) is 13.7. The molecule has 0 spiro atoms. The number of aryl methyl sites for hydroxylation is 1. The van der Waals surface area contributed by atoms with Gasteiger partial charge in [-0.3, -0.25) is 9.48 Å². The van der Waals surface area contributed by atoms with Crippen LogP contribution in [0.25, 0.3) is 0 Å². The summed E-state index contributed by atoms with van der Waals surface area (Å²) in [5.74, 6) is -0.0522. The van der Waals surface area contributed by atoms with Gasteiger partial charge in [0.05, 0.1) is 29.2 Å². The highest BCUT2D eigenvalue weighted by atomic mass is 79.9. The summed E-state index contributed by atoms with van der Waals surface area (Å²) in [4.78, 5) is 14.3. The van der Waals surface area contributed by atoms with Crippen LogP contribution in [0, 0.1) is 5.92 Å². The number of aromatic nitrogens is 2. The third kappa shape index (κ3) is 4.33. The van der Waals surface area contributed by atoms with Gasteiger partial charge < -0.3 is 4.90 Å². The largest absolute Gasteiger partial charge is 0.340 e. The Bertz CT molecular complexity index is 666. The van der Waals surface area contributed by atoms with E-state index >= 15 is 0 Å². The van der Waals surface area contributed by atoms with Crippen molar-refractivity contribution in [2.24, 2.45) is 5.92 Å². The highest BCUT2D eigenvalue weighted by molar-refractivity contribution is 9.10. The van der Waals surface area contributed by atoms with Crippen LogP contribution in [0.2, 0.25) is 0 Å². The highest BCUT2D eigenvalue weighted by Gasteiger charge is 2.30. The van der Waals surface area contributed by atoms with Crippen LogP contribution in [0.3, 0.4) is 0 Å². The molecule has 0 saturated carbocycles. The quantitative estimate of drug-likeness (QED) is 0.738. The normalized spacial score (nSPS) is 17.4. The molecule has 0 radical (unpaired) electrons. The number of carbonyl (C=O) groups is 1. The molecular weight excluding hydrogens is 384 g/mol. The minimum atomic E-state index is -3.16. The monoisotopic (exact) mass is 406 g/mol. The standard InChI is InChI=1S/C14H23BrN4O3S/c1-4-19-13(12(15)9-16-19)10-17(2)14(20)11-5-7-18(8-6-11)23(3,21)22/h9,11H,4-8,10H2,1-3H3. The van der Waals surface area contributed by atoms with Crippen LogP contribution in [0.1, 0.15) is 25.5 Å². The summed E-state index contributed by atoms with van der Waals surface area (Å²) in [5, 5.41) is 4.25. The van der Waals surface area contributed by atoms with E-state index in [0.29, 0.717) is 32.5 Å². The summed E-state index contributed by atoms with van der Waals surface area (Å²) in [6, 6.07) is 0. The molecule has 1 aliphatic rings. The second-order valence-electron chi connectivity index (χ2n) is 5.89. The van der Waals surface area contributed by atoms with Crippen LogP contribution in [0.5, 0.6) is 0 Å². The SMILES string of the molecule is CCn1ncc(Br)c1CN(C)C(=O)C1CCN(S(C)(=O)=O)CC1. The highest BCUT2D eigenvalue weighted by Crippen LogP contribution is 2.23. The van der Waals surface area contributed by atoms with Crippen LogP contribution in [-0.2, 0) is 27.9 Å². The van der Waals surface area contributed by atoms with Crippen molar-refractivity contribution in [1.29, 1.82) is 0 Å². The second-order valence-corrected chi connectivity index (χ2v) is 8.72. The Morgan fingerprint density at radius 2 is 2.04 bits per heavy atom.